The van der Waals surface area contributed by atoms with Gasteiger partial charge in [0.1, 0.15) is 5.75 Å². The number of halogens is 2. The number of benzene rings is 1. The fraction of sp³-hybridized carbons (Fsp3) is 0.467. The number of aromatic nitrogens is 1. The van der Waals surface area contributed by atoms with Gasteiger partial charge in [0.15, 0.2) is 0 Å². The maximum Gasteiger partial charge on any atom is 0.387 e. The number of ether oxygens (including phenoxy) is 1. The Morgan fingerprint density at radius 2 is 2.16 bits per heavy atom. The standard InChI is InChI=1S/C15H17F2NO/c1-9-2-3-10(6-9)13-8-18-14-5-4-11(7-12(13)14)19-15(16)17/h4-5,7-10,15,18H,2-3,6H2,1H3. The number of hydrogen-bond acceptors (Lipinski definition) is 1. The molecule has 1 heterocycles. The lowest BCUT2D eigenvalue weighted by molar-refractivity contribution is -0.0497. The van der Waals surface area contributed by atoms with E-state index in [1.54, 1.807) is 18.2 Å². The largest absolute Gasteiger partial charge is 0.435 e. The van der Waals surface area contributed by atoms with Gasteiger partial charge < -0.3 is 9.72 Å². The van der Waals surface area contributed by atoms with Crippen molar-refractivity contribution in [3.8, 4) is 5.75 Å². The first-order chi connectivity index (χ1) is 9.13. The van der Waals surface area contributed by atoms with Gasteiger partial charge >= 0.3 is 6.61 Å². The van der Waals surface area contributed by atoms with Crippen molar-refractivity contribution < 1.29 is 13.5 Å². The van der Waals surface area contributed by atoms with Gasteiger partial charge in [0.2, 0.25) is 0 Å². The Labute approximate surface area is 110 Å². The van der Waals surface area contributed by atoms with Gasteiger partial charge in [-0.25, -0.2) is 0 Å². The Bertz CT molecular complexity index is 579. The quantitative estimate of drug-likeness (QED) is 0.856. The van der Waals surface area contributed by atoms with E-state index in [0.29, 0.717) is 5.92 Å². The maximum atomic E-state index is 12.3. The van der Waals surface area contributed by atoms with Crippen LogP contribution in [0.4, 0.5) is 8.78 Å². The third-order valence-corrected chi connectivity index (χ3v) is 4.05. The number of rotatable bonds is 3. The smallest absolute Gasteiger partial charge is 0.387 e. The third-order valence-electron chi connectivity index (χ3n) is 4.05. The first-order valence-corrected chi connectivity index (χ1v) is 6.69. The number of aromatic amines is 1. The molecule has 2 atom stereocenters. The molecule has 1 aromatic carbocycles. The second kappa shape index (κ2) is 4.83. The molecule has 1 fully saturated rings. The van der Waals surface area contributed by atoms with Crippen molar-refractivity contribution in [3.05, 3.63) is 30.0 Å². The van der Waals surface area contributed by atoms with Gasteiger partial charge in [0, 0.05) is 17.1 Å². The minimum atomic E-state index is -2.77. The average molecular weight is 265 g/mol. The topological polar surface area (TPSA) is 25.0 Å². The van der Waals surface area contributed by atoms with Crippen LogP contribution < -0.4 is 4.74 Å². The molecule has 0 spiro atoms. The van der Waals surface area contributed by atoms with Gasteiger partial charge in [0.05, 0.1) is 0 Å². The van der Waals surface area contributed by atoms with Gasteiger partial charge in [-0.2, -0.15) is 8.78 Å². The summed E-state index contributed by atoms with van der Waals surface area (Å²) in [6, 6.07) is 5.09. The lowest BCUT2D eigenvalue weighted by Crippen LogP contribution is -2.01. The van der Waals surface area contributed by atoms with E-state index >= 15 is 0 Å². The molecule has 0 saturated heterocycles. The van der Waals surface area contributed by atoms with Crippen molar-refractivity contribution in [2.75, 3.05) is 0 Å². The first-order valence-electron chi connectivity index (χ1n) is 6.69. The van der Waals surface area contributed by atoms with Gasteiger partial charge in [-0.1, -0.05) is 13.3 Å². The van der Waals surface area contributed by atoms with Gasteiger partial charge in [-0.3, -0.25) is 0 Å². The zero-order valence-electron chi connectivity index (χ0n) is 10.8. The molecule has 0 radical (unpaired) electrons. The van der Waals surface area contributed by atoms with Crippen molar-refractivity contribution in [2.24, 2.45) is 5.92 Å². The van der Waals surface area contributed by atoms with Crippen molar-refractivity contribution in [1.29, 1.82) is 0 Å². The predicted octanol–water partition coefficient (Wildman–Crippen LogP) is 4.67. The first kappa shape index (κ1) is 12.5. The molecule has 3 rings (SSSR count). The van der Waals surface area contributed by atoms with Gasteiger partial charge in [-0.15, -0.1) is 0 Å². The van der Waals surface area contributed by atoms with E-state index in [9.17, 15) is 8.78 Å². The molecule has 0 amide bonds. The summed E-state index contributed by atoms with van der Waals surface area (Å²) in [6.07, 6.45) is 5.60. The Kier molecular flexibility index (Phi) is 3.17. The normalized spacial score (nSPS) is 23.4. The molecular formula is C15H17F2NO. The number of fused-ring (bicyclic) bond motifs is 1. The Balaban J connectivity index is 1.96. The molecule has 19 heavy (non-hydrogen) atoms. The summed E-state index contributed by atoms with van der Waals surface area (Å²) >= 11 is 0. The molecule has 1 N–H and O–H groups in total. The zero-order valence-corrected chi connectivity index (χ0v) is 10.8. The van der Waals surface area contributed by atoms with Crippen LogP contribution in [0.2, 0.25) is 0 Å². The van der Waals surface area contributed by atoms with Crippen molar-refractivity contribution in [1.82, 2.24) is 4.98 Å². The molecule has 1 aliphatic rings. The Morgan fingerprint density at radius 1 is 1.32 bits per heavy atom. The summed E-state index contributed by atoms with van der Waals surface area (Å²) < 4.78 is 29.0. The highest BCUT2D eigenvalue weighted by Crippen LogP contribution is 2.41. The van der Waals surface area contributed by atoms with Crippen molar-refractivity contribution in [2.45, 2.75) is 38.7 Å². The molecular weight excluding hydrogens is 248 g/mol. The van der Waals surface area contributed by atoms with Crippen molar-refractivity contribution >= 4 is 10.9 Å². The minimum absolute atomic E-state index is 0.231. The van der Waals surface area contributed by atoms with Crippen LogP contribution in [0.15, 0.2) is 24.4 Å². The summed E-state index contributed by atoms with van der Waals surface area (Å²) in [7, 11) is 0. The Hall–Kier alpha value is -1.58. The molecule has 1 saturated carbocycles. The summed E-state index contributed by atoms with van der Waals surface area (Å²) in [6.45, 7) is -0.508. The molecule has 102 valence electrons. The number of nitrogens with one attached hydrogen (secondary N) is 1. The predicted molar refractivity (Wildman–Crippen MR) is 70.7 cm³/mol. The fourth-order valence-electron chi connectivity index (χ4n) is 3.12. The molecule has 1 aromatic heterocycles. The zero-order chi connectivity index (χ0) is 13.4. The highest BCUT2D eigenvalue weighted by molar-refractivity contribution is 5.85. The second-order valence-corrected chi connectivity index (χ2v) is 5.45. The molecule has 1 aliphatic carbocycles. The molecule has 2 nitrogen and oxygen atoms in total. The van der Waals surface area contributed by atoms with Gasteiger partial charge in [0.25, 0.3) is 0 Å². The second-order valence-electron chi connectivity index (χ2n) is 5.45. The van der Waals surface area contributed by atoms with E-state index in [4.69, 9.17) is 0 Å². The number of H-pyrrole nitrogens is 1. The van der Waals surface area contributed by atoms with Crippen LogP contribution in [0.5, 0.6) is 5.75 Å². The summed E-state index contributed by atoms with van der Waals surface area (Å²) in [5, 5.41) is 1.01. The van der Waals surface area contributed by atoms with Crippen LogP contribution in [0, 0.1) is 5.92 Å². The minimum Gasteiger partial charge on any atom is -0.435 e. The molecule has 0 aliphatic heterocycles. The molecule has 2 aromatic rings. The van der Waals surface area contributed by atoms with Crippen LogP contribution in [0.1, 0.15) is 37.7 Å². The van der Waals surface area contributed by atoms with Crippen LogP contribution in [-0.2, 0) is 0 Å². The highest BCUT2D eigenvalue weighted by atomic mass is 19.3. The van der Waals surface area contributed by atoms with Gasteiger partial charge in [-0.05, 0) is 48.4 Å². The van der Waals surface area contributed by atoms with E-state index in [-0.39, 0.29) is 5.75 Å². The van der Waals surface area contributed by atoms with E-state index in [2.05, 4.69) is 16.6 Å². The summed E-state index contributed by atoms with van der Waals surface area (Å²) in [4.78, 5) is 3.22. The van der Waals surface area contributed by atoms with Crippen molar-refractivity contribution in [3.63, 3.8) is 0 Å². The molecule has 2 unspecified atom stereocenters. The van der Waals surface area contributed by atoms with E-state index in [1.807, 2.05) is 6.20 Å². The third kappa shape index (κ3) is 2.44. The summed E-state index contributed by atoms with van der Waals surface area (Å²) in [5.74, 6) is 1.51. The van der Waals surface area contributed by atoms with E-state index in [0.717, 1.165) is 16.8 Å². The van der Waals surface area contributed by atoms with Crippen LogP contribution >= 0.6 is 0 Å². The summed E-state index contributed by atoms with van der Waals surface area (Å²) in [5.41, 5.74) is 2.22. The fourth-order valence-corrected chi connectivity index (χ4v) is 3.12. The number of hydrogen-bond donors (Lipinski definition) is 1. The monoisotopic (exact) mass is 265 g/mol. The highest BCUT2D eigenvalue weighted by Gasteiger charge is 2.25. The van der Waals surface area contributed by atoms with E-state index < -0.39 is 6.61 Å². The lowest BCUT2D eigenvalue weighted by atomic mass is 9.96. The van der Waals surface area contributed by atoms with Crippen LogP contribution in [0.3, 0.4) is 0 Å². The lowest BCUT2D eigenvalue weighted by Gasteiger charge is -2.09. The molecule has 0 bridgehead atoms. The SMILES string of the molecule is CC1CCC(c2c[nH]c3ccc(OC(F)F)cc23)C1. The van der Waals surface area contributed by atoms with Crippen LogP contribution in [0.25, 0.3) is 10.9 Å². The van der Waals surface area contributed by atoms with Crippen LogP contribution in [-0.4, -0.2) is 11.6 Å². The number of alkyl halides is 2. The van der Waals surface area contributed by atoms with E-state index in [1.165, 1.54) is 24.8 Å². The molecule has 4 heteroatoms. The maximum absolute atomic E-state index is 12.3. The Morgan fingerprint density at radius 3 is 2.84 bits per heavy atom. The average Bonchev–Trinajstić information content (AvgIpc) is 2.94.